The van der Waals surface area contributed by atoms with Crippen LogP contribution in [0.4, 0.5) is 4.39 Å². The van der Waals surface area contributed by atoms with E-state index in [2.05, 4.69) is 32.1 Å². The number of hydrogen-bond donors (Lipinski definition) is 0. The molecule has 0 atom stereocenters. The second-order valence-electron chi connectivity index (χ2n) is 5.64. The molecule has 8 heteroatoms. The van der Waals surface area contributed by atoms with Gasteiger partial charge in [0.2, 0.25) is 0 Å². The highest BCUT2D eigenvalue weighted by molar-refractivity contribution is 7.99. The first-order valence-corrected chi connectivity index (χ1v) is 8.99. The van der Waals surface area contributed by atoms with Crippen LogP contribution in [0.3, 0.4) is 0 Å². The molecule has 0 aliphatic heterocycles. The van der Waals surface area contributed by atoms with Gasteiger partial charge in [-0.25, -0.2) is 14.4 Å². The van der Waals surface area contributed by atoms with Gasteiger partial charge < -0.3 is 4.57 Å². The molecular weight excluding hydrogens is 351 g/mol. The van der Waals surface area contributed by atoms with Crippen molar-refractivity contribution >= 4 is 22.7 Å². The van der Waals surface area contributed by atoms with E-state index >= 15 is 0 Å². The fourth-order valence-corrected chi connectivity index (χ4v) is 3.59. The number of benzene rings is 1. The quantitative estimate of drug-likeness (QED) is 0.498. The first kappa shape index (κ1) is 16.6. The fourth-order valence-electron chi connectivity index (χ4n) is 2.68. The van der Waals surface area contributed by atoms with Crippen LogP contribution < -0.4 is 0 Å². The number of hydrogen-bond acceptors (Lipinski definition) is 6. The van der Waals surface area contributed by atoms with Crippen LogP contribution >= 0.6 is 11.8 Å². The summed E-state index contributed by atoms with van der Waals surface area (Å²) in [4.78, 5) is 12.6. The SMILES string of the molecule is CCCn1c(Sc2ncnc3ccc(F)cc23)nnc1-c1ccncc1. The first-order chi connectivity index (χ1) is 12.8. The Morgan fingerprint density at radius 1 is 1.08 bits per heavy atom. The van der Waals surface area contributed by atoms with E-state index in [0.29, 0.717) is 21.1 Å². The first-order valence-electron chi connectivity index (χ1n) is 8.18. The summed E-state index contributed by atoms with van der Waals surface area (Å²) in [5, 5.41) is 10.7. The van der Waals surface area contributed by atoms with Crippen LogP contribution in [0.1, 0.15) is 13.3 Å². The molecule has 3 heterocycles. The molecule has 0 spiro atoms. The summed E-state index contributed by atoms with van der Waals surface area (Å²) in [6.07, 6.45) is 5.87. The molecule has 0 radical (unpaired) electrons. The summed E-state index contributed by atoms with van der Waals surface area (Å²) in [5.41, 5.74) is 1.64. The van der Waals surface area contributed by atoms with Gasteiger partial charge in [0.1, 0.15) is 17.2 Å². The molecular formula is C18H15FN6S. The molecule has 3 aromatic heterocycles. The summed E-state index contributed by atoms with van der Waals surface area (Å²) < 4.78 is 15.7. The smallest absolute Gasteiger partial charge is 0.197 e. The third kappa shape index (κ3) is 3.15. The summed E-state index contributed by atoms with van der Waals surface area (Å²) in [6.45, 7) is 2.87. The molecule has 4 rings (SSSR count). The lowest BCUT2D eigenvalue weighted by atomic mass is 10.2. The van der Waals surface area contributed by atoms with Crippen LogP contribution in [0.5, 0.6) is 0 Å². The van der Waals surface area contributed by atoms with E-state index in [1.54, 1.807) is 18.5 Å². The molecule has 0 saturated heterocycles. The number of pyridine rings is 1. The minimum absolute atomic E-state index is 0.318. The Morgan fingerprint density at radius 3 is 2.73 bits per heavy atom. The van der Waals surface area contributed by atoms with Crippen molar-refractivity contribution < 1.29 is 4.39 Å². The van der Waals surface area contributed by atoms with E-state index in [1.165, 1.54) is 30.2 Å². The van der Waals surface area contributed by atoms with E-state index < -0.39 is 0 Å². The maximum Gasteiger partial charge on any atom is 0.197 e. The standard InChI is InChI=1S/C18H15FN6S/c1-2-9-25-16(12-5-7-20-8-6-12)23-24-18(25)26-17-14-10-13(19)3-4-15(14)21-11-22-17/h3-8,10-11H,2,9H2,1H3. The molecule has 6 nitrogen and oxygen atoms in total. The Morgan fingerprint density at radius 2 is 1.92 bits per heavy atom. The number of halogens is 1. The summed E-state index contributed by atoms with van der Waals surface area (Å²) in [6, 6.07) is 8.29. The number of nitrogens with zero attached hydrogens (tertiary/aromatic N) is 6. The van der Waals surface area contributed by atoms with Gasteiger partial charge in [0.25, 0.3) is 0 Å². The van der Waals surface area contributed by atoms with Gasteiger partial charge in [0.05, 0.1) is 5.52 Å². The molecule has 0 unspecified atom stereocenters. The van der Waals surface area contributed by atoms with Gasteiger partial charge >= 0.3 is 0 Å². The molecule has 0 amide bonds. The molecule has 1 aromatic carbocycles. The maximum absolute atomic E-state index is 13.7. The summed E-state index contributed by atoms with van der Waals surface area (Å²) in [7, 11) is 0. The van der Waals surface area contributed by atoms with Gasteiger partial charge in [-0.2, -0.15) is 0 Å². The third-order valence-corrected chi connectivity index (χ3v) is 4.85. The van der Waals surface area contributed by atoms with Crippen molar-refractivity contribution in [1.29, 1.82) is 0 Å². The zero-order valence-electron chi connectivity index (χ0n) is 14.0. The molecule has 0 saturated carbocycles. The average Bonchev–Trinajstić information content (AvgIpc) is 3.06. The summed E-state index contributed by atoms with van der Waals surface area (Å²) in [5.74, 6) is 0.461. The van der Waals surface area contributed by atoms with E-state index in [0.717, 1.165) is 24.4 Å². The molecule has 26 heavy (non-hydrogen) atoms. The Balaban J connectivity index is 1.78. The normalized spacial score (nSPS) is 11.2. The van der Waals surface area contributed by atoms with Crippen molar-refractivity contribution in [1.82, 2.24) is 29.7 Å². The van der Waals surface area contributed by atoms with Crippen molar-refractivity contribution in [3.63, 3.8) is 0 Å². The molecule has 0 N–H and O–H groups in total. The van der Waals surface area contributed by atoms with Gasteiger partial charge in [0, 0.05) is 29.9 Å². The highest BCUT2D eigenvalue weighted by Crippen LogP contribution is 2.32. The Hall–Kier alpha value is -2.87. The molecule has 0 aliphatic rings. The fraction of sp³-hybridized carbons (Fsp3) is 0.167. The van der Waals surface area contributed by atoms with Crippen LogP contribution in [0.15, 0.2) is 59.2 Å². The van der Waals surface area contributed by atoms with Crippen LogP contribution in [-0.4, -0.2) is 29.7 Å². The molecule has 0 fully saturated rings. The van der Waals surface area contributed by atoms with Crippen LogP contribution in [0.25, 0.3) is 22.3 Å². The van der Waals surface area contributed by atoms with Gasteiger partial charge in [0.15, 0.2) is 11.0 Å². The minimum atomic E-state index is -0.318. The van der Waals surface area contributed by atoms with Gasteiger partial charge in [-0.15, -0.1) is 10.2 Å². The third-order valence-electron chi connectivity index (χ3n) is 3.85. The average molecular weight is 366 g/mol. The van der Waals surface area contributed by atoms with E-state index in [4.69, 9.17) is 0 Å². The van der Waals surface area contributed by atoms with Crippen molar-refractivity contribution in [3.8, 4) is 11.4 Å². The largest absolute Gasteiger partial charge is 0.302 e. The Bertz CT molecular complexity index is 1050. The van der Waals surface area contributed by atoms with Crippen molar-refractivity contribution in [2.24, 2.45) is 0 Å². The van der Waals surface area contributed by atoms with Crippen LogP contribution in [0.2, 0.25) is 0 Å². The lowest BCUT2D eigenvalue weighted by Gasteiger charge is -2.09. The summed E-state index contributed by atoms with van der Waals surface area (Å²) >= 11 is 1.36. The van der Waals surface area contributed by atoms with Gasteiger partial charge in [-0.05, 0) is 48.5 Å². The van der Waals surface area contributed by atoms with E-state index in [-0.39, 0.29) is 5.82 Å². The topological polar surface area (TPSA) is 69.4 Å². The molecule has 4 aromatic rings. The highest BCUT2D eigenvalue weighted by Gasteiger charge is 2.16. The zero-order chi connectivity index (χ0) is 17.9. The van der Waals surface area contributed by atoms with E-state index in [1.807, 2.05) is 16.7 Å². The van der Waals surface area contributed by atoms with Gasteiger partial charge in [-0.1, -0.05) is 6.92 Å². The molecule has 130 valence electrons. The highest BCUT2D eigenvalue weighted by atomic mass is 32.2. The number of aromatic nitrogens is 6. The predicted molar refractivity (Wildman–Crippen MR) is 97.2 cm³/mol. The van der Waals surface area contributed by atoms with Crippen LogP contribution in [0, 0.1) is 5.82 Å². The molecule has 0 aliphatic carbocycles. The molecule has 0 bridgehead atoms. The van der Waals surface area contributed by atoms with Crippen molar-refractivity contribution in [2.45, 2.75) is 30.1 Å². The van der Waals surface area contributed by atoms with E-state index in [9.17, 15) is 4.39 Å². The van der Waals surface area contributed by atoms with Crippen LogP contribution in [-0.2, 0) is 6.54 Å². The lowest BCUT2D eigenvalue weighted by molar-refractivity contribution is 0.625. The Kier molecular flexibility index (Phi) is 4.57. The maximum atomic E-state index is 13.7. The van der Waals surface area contributed by atoms with Crippen molar-refractivity contribution in [2.75, 3.05) is 0 Å². The second-order valence-corrected chi connectivity index (χ2v) is 6.59. The predicted octanol–water partition coefficient (Wildman–Crippen LogP) is 3.98. The zero-order valence-corrected chi connectivity index (χ0v) is 14.8. The monoisotopic (exact) mass is 366 g/mol. The minimum Gasteiger partial charge on any atom is -0.302 e. The number of fused-ring (bicyclic) bond motifs is 1. The lowest BCUT2D eigenvalue weighted by Crippen LogP contribution is -2.02. The number of rotatable bonds is 5. The van der Waals surface area contributed by atoms with Crippen molar-refractivity contribution in [3.05, 3.63) is 54.9 Å². The Labute approximate surface area is 153 Å². The second kappa shape index (κ2) is 7.17. The van der Waals surface area contributed by atoms with Gasteiger partial charge in [-0.3, -0.25) is 4.98 Å².